The van der Waals surface area contributed by atoms with Gasteiger partial charge in [-0.15, -0.1) is 10.2 Å². The Bertz CT molecular complexity index is 776. The predicted molar refractivity (Wildman–Crippen MR) is 102 cm³/mol. The van der Waals surface area contributed by atoms with Crippen molar-refractivity contribution in [1.29, 1.82) is 0 Å². The van der Waals surface area contributed by atoms with Gasteiger partial charge in [0.25, 0.3) is 5.91 Å². The Kier molecular flexibility index (Phi) is 5.05. The molecule has 1 N–H and O–H groups in total. The molecular formula is C20H24N4O3. The Morgan fingerprint density at radius 3 is 2.37 bits per heavy atom. The van der Waals surface area contributed by atoms with Crippen LogP contribution in [0, 0.1) is 0 Å². The number of nitrogens with one attached hydrogen (secondary N) is 1. The number of hydrogen-bond donors (Lipinski definition) is 1. The van der Waals surface area contributed by atoms with Gasteiger partial charge in [0, 0.05) is 31.6 Å². The lowest BCUT2D eigenvalue weighted by Gasteiger charge is -2.37. The highest BCUT2D eigenvalue weighted by Crippen LogP contribution is 2.32. The lowest BCUT2D eigenvalue weighted by Crippen LogP contribution is -2.45. The average Bonchev–Trinajstić information content (AvgIpc) is 3.17. The molecule has 0 radical (unpaired) electrons. The molecule has 1 aromatic heterocycles. The first-order valence-electron chi connectivity index (χ1n) is 9.44. The van der Waals surface area contributed by atoms with E-state index in [1.807, 2.05) is 30.3 Å². The van der Waals surface area contributed by atoms with Crippen molar-refractivity contribution in [2.45, 2.75) is 32.0 Å². The fraction of sp³-hybridized carbons (Fsp3) is 0.450. The maximum atomic E-state index is 12.4. The number of benzene rings is 1. The van der Waals surface area contributed by atoms with Crippen molar-refractivity contribution in [2.24, 2.45) is 0 Å². The van der Waals surface area contributed by atoms with Gasteiger partial charge in [-0.25, -0.2) is 0 Å². The minimum Gasteiger partial charge on any atom is -0.355 e. The summed E-state index contributed by atoms with van der Waals surface area (Å²) < 4.78 is 11.5. The summed E-state index contributed by atoms with van der Waals surface area (Å²) in [6.07, 6.45) is 2.59. The third-order valence-corrected chi connectivity index (χ3v) is 5.17. The van der Waals surface area contributed by atoms with Crippen LogP contribution in [0.3, 0.4) is 0 Å². The number of rotatable bonds is 4. The molecular weight excluding hydrogens is 344 g/mol. The summed E-state index contributed by atoms with van der Waals surface area (Å²) in [5.74, 6) is 0.104. The van der Waals surface area contributed by atoms with E-state index in [4.69, 9.17) is 9.47 Å². The predicted octanol–water partition coefficient (Wildman–Crippen LogP) is 2.63. The third kappa shape index (κ3) is 3.94. The zero-order valence-electron chi connectivity index (χ0n) is 15.5. The van der Waals surface area contributed by atoms with Gasteiger partial charge in [-0.1, -0.05) is 19.1 Å². The van der Waals surface area contributed by atoms with Crippen LogP contribution < -0.4 is 10.2 Å². The quantitative estimate of drug-likeness (QED) is 0.894. The van der Waals surface area contributed by atoms with E-state index in [1.54, 1.807) is 6.07 Å². The van der Waals surface area contributed by atoms with Crippen molar-refractivity contribution < 1.29 is 14.3 Å². The maximum absolute atomic E-state index is 12.4. The Hall–Kier alpha value is -2.51. The normalized spacial score (nSPS) is 18.6. The van der Waals surface area contributed by atoms with Gasteiger partial charge < -0.3 is 19.7 Å². The van der Waals surface area contributed by atoms with Crippen LogP contribution in [0.2, 0.25) is 0 Å². The van der Waals surface area contributed by atoms with Crippen molar-refractivity contribution in [3.63, 3.8) is 0 Å². The number of carbonyl (C=O) groups excluding carboxylic acids is 1. The highest BCUT2D eigenvalue weighted by atomic mass is 16.7. The van der Waals surface area contributed by atoms with Crippen molar-refractivity contribution in [3.8, 4) is 0 Å². The van der Waals surface area contributed by atoms with Crippen LogP contribution in [-0.4, -0.2) is 48.2 Å². The number of anilines is 2. The minimum atomic E-state index is -0.406. The van der Waals surface area contributed by atoms with Gasteiger partial charge in [0.05, 0.1) is 13.2 Å². The second-order valence-electron chi connectivity index (χ2n) is 6.88. The van der Waals surface area contributed by atoms with Gasteiger partial charge >= 0.3 is 0 Å². The van der Waals surface area contributed by atoms with Crippen LogP contribution in [-0.2, 0) is 15.9 Å². The molecule has 0 aliphatic carbocycles. The molecule has 3 heterocycles. The standard InChI is InChI=1S/C20H24N4O3/c1-2-15-3-5-16(6-4-15)21-19(25)17-7-8-18(23-22-17)24-11-9-20(10-12-24)26-13-14-27-20/h3-8H,2,9-14H2,1H3,(H,21,25). The molecule has 1 amide bonds. The fourth-order valence-corrected chi connectivity index (χ4v) is 3.50. The third-order valence-electron chi connectivity index (χ3n) is 5.17. The number of piperidine rings is 1. The summed E-state index contributed by atoms with van der Waals surface area (Å²) >= 11 is 0. The molecule has 2 aromatic rings. The number of aromatic nitrogens is 2. The molecule has 7 nitrogen and oxygen atoms in total. The van der Waals surface area contributed by atoms with E-state index >= 15 is 0 Å². The lowest BCUT2D eigenvalue weighted by molar-refractivity contribution is -0.169. The second kappa shape index (κ2) is 7.62. The van der Waals surface area contributed by atoms with E-state index in [-0.39, 0.29) is 5.91 Å². The van der Waals surface area contributed by atoms with Crippen molar-refractivity contribution in [2.75, 3.05) is 36.5 Å². The Morgan fingerprint density at radius 2 is 1.78 bits per heavy atom. The highest BCUT2D eigenvalue weighted by Gasteiger charge is 2.40. The number of amides is 1. The fourth-order valence-electron chi connectivity index (χ4n) is 3.50. The summed E-state index contributed by atoms with van der Waals surface area (Å²) in [6.45, 7) is 5.03. The van der Waals surface area contributed by atoms with Gasteiger partial charge in [0.2, 0.25) is 0 Å². The molecule has 2 fully saturated rings. The molecule has 0 saturated carbocycles. The summed E-state index contributed by atoms with van der Waals surface area (Å²) in [7, 11) is 0. The molecule has 7 heteroatoms. The first kappa shape index (κ1) is 17.9. The highest BCUT2D eigenvalue weighted by molar-refractivity contribution is 6.02. The average molecular weight is 368 g/mol. The molecule has 142 valence electrons. The molecule has 4 rings (SSSR count). The van der Waals surface area contributed by atoms with Crippen molar-refractivity contribution in [3.05, 3.63) is 47.7 Å². The topological polar surface area (TPSA) is 76.6 Å². The summed E-state index contributed by atoms with van der Waals surface area (Å²) in [5.41, 5.74) is 2.28. The number of aryl methyl sites for hydroxylation is 1. The molecule has 2 aliphatic heterocycles. The van der Waals surface area contributed by atoms with Gasteiger partial charge in [-0.3, -0.25) is 4.79 Å². The van der Waals surface area contributed by atoms with Crippen LogP contribution in [0.4, 0.5) is 11.5 Å². The SMILES string of the molecule is CCc1ccc(NC(=O)c2ccc(N3CCC4(CC3)OCCO4)nn2)cc1. The summed E-state index contributed by atoms with van der Waals surface area (Å²) in [6, 6.07) is 11.4. The number of carbonyl (C=O) groups is 1. The zero-order valence-corrected chi connectivity index (χ0v) is 15.5. The lowest BCUT2D eigenvalue weighted by atomic mass is 10.0. The van der Waals surface area contributed by atoms with Gasteiger partial charge in [-0.2, -0.15) is 0 Å². The second-order valence-corrected chi connectivity index (χ2v) is 6.88. The van der Waals surface area contributed by atoms with Crippen LogP contribution in [0.1, 0.15) is 35.8 Å². The molecule has 2 aliphatic rings. The summed E-state index contributed by atoms with van der Waals surface area (Å²) in [5, 5.41) is 11.2. The maximum Gasteiger partial charge on any atom is 0.276 e. The van der Waals surface area contributed by atoms with Gasteiger partial charge in [0.15, 0.2) is 17.3 Å². The van der Waals surface area contributed by atoms with E-state index in [9.17, 15) is 4.79 Å². The van der Waals surface area contributed by atoms with E-state index in [1.165, 1.54) is 5.56 Å². The van der Waals surface area contributed by atoms with Crippen LogP contribution in [0.15, 0.2) is 36.4 Å². The van der Waals surface area contributed by atoms with E-state index in [0.717, 1.165) is 43.9 Å². The number of hydrogen-bond acceptors (Lipinski definition) is 6. The van der Waals surface area contributed by atoms with Crippen LogP contribution in [0.25, 0.3) is 0 Å². The Balaban J connectivity index is 1.36. The van der Waals surface area contributed by atoms with E-state index in [0.29, 0.717) is 18.9 Å². The molecule has 0 unspecified atom stereocenters. The van der Waals surface area contributed by atoms with Crippen molar-refractivity contribution >= 4 is 17.4 Å². The smallest absolute Gasteiger partial charge is 0.276 e. The monoisotopic (exact) mass is 368 g/mol. The summed E-state index contributed by atoms with van der Waals surface area (Å²) in [4.78, 5) is 14.5. The molecule has 2 saturated heterocycles. The Morgan fingerprint density at radius 1 is 1.07 bits per heavy atom. The molecule has 1 aromatic carbocycles. The molecule has 1 spiro atoms. The van der Waals surface area contributed by atoms with E-state index in [2.05, 4.69) is 27.3 Å². The van der Waals surface area contributed by atoms with Crippen molar-refractivity contribution in [1.82, 2.24) is 10.2 Å². The van der Waals surface area contributed by atoms with Gasteiger partial charge in [-0.05, 0) is 36.2 Å². The largest absolute Gasteiger partial charge is 0.355 e. The Labute approximate surface area is 158 Å². The number of ether oxygens (including phenoxy) is 2. The molecule has 27 heavy (non-hydrogen) atoms. The van der Waals surface area contributed by atoms with Crippen LogP contribution in [0.5, 0.6) is 0 Å². The van der Waals surface area contributed by atoms with Gasteiger partial charge in [0.1, 0.15) is 0 Å². The zero-order chi connectivity index (χ0) is 18.7. The first-order chi connectivity index (χ1) is 13.2. The minimum absolute atomic E-state index is 0.261. The molecule has 0 bridgehead atoms. The van der Waals surface area contributed by atoms with Crippen LogP contribution >= 0.6 is 0 Å². The van der Waals surface area contributed by atoms with E-state index < -0.39 is 5.79 Å². The first-order valence-corrected chi connectivity index (χ1v) is 9.44. The number of nitrogens with zero attached hydrogens (tertiary/aromatic N) is 3. The molecule has 0 atom stereocenters.